The van der Waals surface area contributed by atoms with E-state index in [4.69, 9.17) is 4.42 Å². The summed E-state index contributed by atoms with van der Waals surface area (Å²) < 4.78 is 11.3. The second-order valence-corrected chi connectivity index (χ2v) is 12.5. The molecule has 0 atom stereocenters. The van der Waals surface area contributed by atoms with Crippen LogP contribution in [-0.4, -0.2) is 9.13 Å². The van der Waals surface area contributed by atoms with Gasteiger partial charge in [0.1, 0.15) is 11.2 Å². The van der Waals surface area contributed by atoms with Crippen LogP contribution >= 0.6 is 0 Å². The molecule has 0 amide bonds. The molecule has 0 bridgehead atoms. The zero-order chi connectivity index (χ0) is 30.6. The van der Waals surface area contributed by atoms with Crippen LogP contribution in [0.3, 0.4) is 0 Å². The van der Waals surface area contributed by atoms with E-state index in [0.29, 0.717) is 0 Å². The Morgan fingerprint density at radius 1 is 0.319 bits per heavy atom. The van der Waals surface area contributed by atoms with E-state index in [1.54, 1.807) is 0 Å². The topological polar surface area (TPSA) is 23.0 Å². The van der Waals surface area contributed by atoms with Gasteiger partial charge in [0.05, 0.1) is 27.8 Å². The van der Waals surface area contributed by atoms with Crippen molar-refractivity contribution in [2.24, 2.45) is 0 Å². The molecule has 0 N–H and O–H groups in total. The normalized spacial score (nSPS) is 12.3. The van der Waals surface area contributed by atoms with Gasteiger partial charge in [-0.2, -0.15) is 0 Å². The Morgan fingerprint density at radius 2 is 0.915 bits per heavy atom. The molecule has 11 aromatic rings. The molecule has 218 valence electrons. The van der Waals surface area contributed by atoms with E-state index in [2.05, 4.69) is 161 Å². The van der Waals surface area contributed by atoms with Crippen molar-refractivity contribution in [1.29, 1.82) is 0 Å². The van der Waals surface area contributed by atoms with Crippen molar-refractivity contribution in [2.75, 3.05) is 0 Å². The molecule has 0 saturated heterocycles. The summed E-state index contributed by atoms with van der Waals surface area (Å²) in [7, 11) is 0. The fourth-order valence-corrected chi connectivity index (χ4v) is 8.03. The molecule has 0 spiro atoms. The molecule has 3 nitrogen and oxygen atoms in total. The number of furan rings is 1. The highest BCUT2D eigenvalue weighted by molar-refractivity contribution is 6.23. The molecule has 3 aromatic heterocycles. The summed E-state index contributed by atoms with van der Waals surface area (Å²) in [5.74, 6) is 0. The molecule has 0 unspecified atom stereocenters. The van der Waals surface area contributed by atoms with Gasteiger partial charge in [0, 0.05) is 49.5 Å². The zero-order valence-corrected chi connectivity index (χ0v) is 25.3. The summed E-state index contributed by atoms with van der Waals surface area (Å²) in [4.78, 5) is 0. The third kappa shape index (κ3) is 3.35. The maximum Gasteiger partial charge on any atom is 0.137 e. The number of para-hydroxylation sites is 3. The number of hydrogen-bond donors (Lipinski definition) is 0. The lowest BCUT2D eigenvalue weighted by Gasteiger charge is -2.14. The second kappa shape index (κ2) is 9.12. The predicted molar refractivity (Wildman–Crippen MR) is 197 cm³/mol. The van der Waals surface area contributed by atoms with Crippen LogP contribution in [0.25, 0.3) is 98.5 Å². The molecular formula is C44H26N2O. The second-order valence-electron chi connectivity index (χ2n) is 12.5. The lowest BCUT2D eigenvalue weighted by atomic mass is 10.00. The average molecular weight is 599 g/mol. The van der Waals surface area contributed by atoms with E-state index in [-0.39, 0.29) is 0 Å². The van der Waals surface area contributed by atoms with Gasteiger partial charge in [0.2, 0.25) is 0 Å². The highest BCUT2D eigenvalue weighted by Gasteiger charge is 2.21. The first-order chi connectivity index (χ1) is 23.3. The van der Waals surface area contributed by atoms with Crippen LogP contribution in [0.2, 0.25) is 0 Å². The summed E-state index contributed by atoms with van der Waals surface area (Å²) in [5, 5.41) is 12.2. The molecule has 0 fully saturated rings. The number of aromatic nitrogens is 2. The van der Waals surface area contributed by atoms with E-state index in [1.807, 2.05) is 6.07 Å². The molecular weight excluding hydrogens is 572 g/mol. The van der Waals surface area contributed by atoms with Crippen molar-refractivity contribution in [3.8, 4) is 11.4 Å². The van der Waals surface area contributed by atoms with E-state index in [1.165, 1.54) is 65.3 Å². The van der Waals surface area contributed by atoms with E-state index < -0.39 is 0 Å². The fraction of sp³-hybridized carbons (Fsp3) is 0. The van der Waals surface area contributed by atoms with Crippen molar-refractivity contribution >= 4 is 87.1 Å². The first-order valence-corrected chi connectivity index (χ1v) is 16.1. The molecule has 0 radical (unpaired) electrons. The van der Waals surface area contributed by atoms with Gasteiger partial charge in [-0.05, 0) is 64.7 Å². The lowest BCUT2D eigenvalue weighted by Crippen LogP contribution is -1.97. The Morgan fingerprint density at radius 3 is 1.77 bits per heavy atom. The quantitative estimate of drug-likeness (QED) is 0.182. The van der Waals surface area contributed by atoms with Gasteiger partial charge in [0.15, 0.2) is 0 Å². The van der Waals surface area contributed by atoms with Gasteiger partial charge >= 0.3 is 0 Å². The summed E-state index contributed by atoms with van der Waals surface area (Å²) in [5.41, 5.74) is 8.84. The average Bonchev–Trinajstić information content (AvgIpc) is 3.76. The van der Waals surface area contributed by atoms with Gasteiger partial charge in [0.25, 0.3) is 0 Å². The lowest BCUT2D eigenvalue weighted by molar-refractivity contribution is 0.669. The maximum absolute atomic E-state index is 6.40. The van der Waals surface area contributed by atoms with Gasteiger partial charge in [-0.1, -0.05) is 103 Å². The van der Waals surface area contributed by atoms with E-state index in [9.17, 15) is 0 Å². The molecule has 47 heavy (non-hydrogen) atoms. The smallest absolute Gasteiger partial charge is 0.137 e. The first-order valence-electron chi connectivity index (χ1n) is 16.1. The van der Waals surface area contributed by atoms with Crippen molar-refractivity contribution in [3.05, 3.63) is 158 Å². The van der Waals surface area contributed by atoms with Gasteiger partial charge in [-0.25, -0.2) is 0 Å². The largest absolute Gasteiger partial charge is 0.456 e. The Balaban J connectivity index is 1.34. The highest BCUT2D eigenvalue weighted by Crippen LogP contribution is 2.43. The van der Waals surface area contributed by atoms with Gasteiger partial charge in [-0.3, -0.25) is 0 Å². The summed E-state index contributed by atoms with van der Waals surface area (Å²) in [6, 6.07) is 57.1. The van der Waals surface area contributed by atoms with Crippen LogP contribution in [0.15, 0.2) is 162 Å². The minimum atomic E-state index is 0.904. The summed E-state index contributed by atoms with van der Waals surface area (Å²) >= 11 is 0. The number of hydrogen-bond acceptors (Lipinski definition) is 1. The Hall–Kier alpha value is -6.32. The van der Waals surface area contributed by atoms with Gasteiger partial charge < -0.3 is 13.6 Å². The Labute approximate surface area is 269 Å². The third-order valence-electron chi connectivity index (χ3n) is 10.1. The monoisotopic (exact) mass is 598 g/mol. The van der Waals surface area contributed by atoms with Crippen molar-refractivity contribution in [2.45, 2.75) is 0 Å². The van der Waals surface area contributed by atoms with Crippen LogP contribution < -0.4 is 0 Å². The van der Waals surface area contributed by atoms with Crippen molar-refractivity contribution in [3.63, 3.8) is 0 Å². The minimum absolute atomic E-state index is 0.904. The zero-order valence-electron chi connectivity index (χ0n) is 25.3. The number of benzene rings is 8. The number of rotatable bonds is 2. The van der Waals surface area contributed by atoms with Crippen molar-refractivity contribution in [1.82, 2.24) is 9.13 Å². The molecule has 8 aromatic carbocycles. The molecule has 3 heterocycles. The van der Waals surface area contributed by atoms with Crippen molar-refractivity contribution < 1.29 is 4.42 Å². The van der Waals surface area contributed by atoms with Crippen LogP contribution in [0, 0.1) is 0 Å². The van der Waals surface area contributed by atoms with Crippen LogP contribution in [0.1, 0.15) is 0 Å². The van der Waals surface area contributed by atoms with E-state index >= 15 is 0 Å². The van der Waals surface area contributed by atoms with E-state index in [0.717, 1.165) is 33.1 Å². The van der Waals surface area contributed by atoms with Gasteiger partial charge in [-0.15, -0.1) is 0 Å². The molecule has 0 aliphatic heterocycles. The molecule has 3 heteroatoms. The predicted octanol–water partition coefficient (Wildman–Crippen LogP) is 12.1. The minimum Gasteiger partial charge on any atom is -0.456 e. The summed E-state index contributed by atoms with van der Waals surface area (Å²) in [6.07, 6.45) is 0. The highest BCUT2D eigenvalue weighted by atomic mass is 16.3. The molecule has 11 rings (SSSR count). The Kier molecular flexibility index (Phi) is 4.84. The Bertz CT molecular complexity index is 3070. The number of fused-ring (bicyclic) bond motifs is 12. The SMILES string of the molecule is c1ccc(-n2c3cc4oc5ccccc5c4cc3c3cc4c5ccccc5n(-c5cc6ccccc6c6ccccc56)c4cc32)cc1. The number of nitrogens with zero attached hydrogens (tertiary/aromatic N) is 2. The third-order valence-corrected chi connectivity index (χ3v) is 10.1. The fourth-order valence-electron chi connectivity index (χ4n) is 8.03. The van der Waals surface area contributed by atoms with Crippen LogP contribution in [0.4, 0.5) is 0 Å². The maximum atomic E-state index is 6.40. The molecule has 0 saturated carbocycles. The molecule has 0 aliphatic carbocycles. The first kappa shape index (κ1) is 24.9. The summed E-state index contributed by atoms with van der Waals surface area (Å²) in [6.45, 7) is 0. The standard InChI is InChI=1S/C44H26N2O/c1-2-13-28(14-3-1)45-40-25-41-34(23-35(40)36-24-37-33-19-9-11-21-43(33)47-44(37)26-42(36)45)32-18-8-10-20-38(32)46(41)39-22-27-12-4-5-15-29(27)30-16-6-7-17-31(30)39/h1-26H. The molecule has 0 aliphatic rings. The van der Waals surface area contributed by atoms with Crippen LogP contribution in [-0.2, 0) is 0 Å². The van der Waals surface area contributed by atoms with Crippen LogP contribution in [0.5, 0.6) is 0 Å².